The predicted octanol–water partition coefficient (Wildman–Crippen LogP) is 3.97. The van der Waals surface area contributed by atoms with Gasteiger partial charge in [0.25, 0.3) is 0 Å². The Morgan fingerprint density at radius 3 is 2.59 bits per heavy atom. The minimum absolute atomic E-state index is 0.0170. The fraction of sp³-hybridized carbons (Fsp3) is 0.538. The minimum Gasteiger partial charge on any atom is -0.458 e. The van der Waals surface area contributed by atoms with Crippen molar-refractivity contribution in [1.29, 1.82) is 0 Å². The highest BCUT2D eigenvalue weighted by atomic mass is 19.4. The number of amides is 1. The van der Waals surface area contributed by atoms with Gasteiger partial charge >= 0.3 is 18.1 Å². The second-order valence-electron chi connectivity index (χ2n) is 9.57. The molecule has 1 unspecified atom stereocenters. The van der Waals surface area contributed by atoms with Crippen molar-refractivity contribution in [2.45, 2.75) is 64.1 Å². The number of hydrogen-bond donors (Lipinski definition) is 3. The molecule has 0 aliphatic carbocycles. The number of halogens is 3. The summed E-state index contributed by atoms with van der Waals surface area (Å²) >= 11 is 0. The lowest BCUT2D eigenvalue weighted by molar-refractivity contribution is -0.173. The van der Waals surface area contributed by atoms with Crippen LogP contribution in [0.3, 0.4) is 0 Å². The fourth-order valence-corrected chi connectivity index (χ4v) is 4.39. The van der Waals surface area contributed by atoms with Gasteiger partial charge in [-0.25, -0.2) is 4.98 Å². The van der Waals surface area contributed by atoms with Gasteiger partial charge in [-0.15, -0.1) is 0 Å². The van der Waals surface area contributed by atoms with Crippen LogP contribution >= 0.6 is 0 Å². The van der Waals surface area contributed by atoms with Crippen LogP contribution in [0.1, 0.15) is 50.8 Å². The average Bonchev–Trinajstić information content (AvgIpc) is 3.51. The highest BCUT2D eigenvalue weighted by Crippen LogP contribution is 2.35. The SMILES string of the molecule is CC1C[C@H](n2cnc3c(NCCCCCCNC(=O)C(F)(F)F)nc(OCc4ccccc4)nc32)O[C@@H]1CO. The number of carbonyl (C=O) groups is 1. The maximum Gasteiger partial charge on any atom is 0.471 e. The van der Waals surface area contributed by atoms with Crippen LogP contribution in [0.4, 0.5) is 19.0 Å². The van der Waals surface area contributed by atoms with E-state index in [0.717, 1.165) is 18.4 Å². The standard InChI is InChI=1S/C26H33F3N6O4/c1-17-13-20(39-19(17)14-36)35-16-32-21-22(30-11-7-2-3-8-12-31-24(37)26(27,28)29)33-25(34-23(21)35)38-15-18-9-5-4-6-10-18/h4-6,9-10,16-17,19-20,36H,2-3,7-8,11-15H2,1H3,(H,31,37)(H,30,33,34)/t17?,19-,20-/m1/s1. The molecule has 1 amide bonds. The summed E-state index contributed by atoms with van der Waals surface area (Å²) in [5.74, 6) is -1.23. The Labute approximate surface area is 223 Å². The molecule has 0 radical (unpaired) electrons. The number of aliphatic hydroxyl groups is 1. The van der Waals surface area contributed by atoms with Gasteiger partial charge in [-0.05, 0) is 30.7 Å². The summed E-state index contributed by atoms with van der Waals surface area (Å²) in [6.07, 6.45) is -0.478. The van der Waals surface area contributed by atoms with E-state index in [4.69, 9.17) is 9.47 Å². The number of rotatable bonds is 13. The van der Waals surface area contributed by atoms with E-state index in [1.54, 1.807) is 6.33 Å². The van der Waals surface area contributed by atoms with Crippen molar-refractivity contribution in [3.8, 4) is 6.01 Å². The third kappa shape index (κ3) is 7.57. The maximum absolute atomic E-state index is 12.2. The summed E-state index contributed by atoms with van der Waals surface area (Å²) in [5, 5.41) is 14.8. The summed E-state index contributed by atoms with van der Waals surface area (Å²) < 4.78 is 50.5. The number of aromatic nitrogens is 4. The first kappa shape index (κ1) is 28.6. The van der Waals surface area contributed by atoms with E-state index in [9.17, 15) is 23.1 Å². The minimum atomic E-state index is -4.86. The predicted molar refractivity (Wildman–Crippen MR) is 137 cm³/mol. The van der Waals surface area contributed by atoms with Crippen molar-refractivity contribution in [3.05, 3.63) is 42.2 Å². The van der Waals surface area contributed by atoms with Crippen molar-refractivity contribution in [3.63, 3.8) is 0 Å². The van der Waals surface area contributed by atoms with Gasteiger partial charge in [0.15, 0.2) is 17.0 Å². The number of imidazole rings is 1. The van der Waals surface area contributed by atoms with Gasteiger partial charge in [-0.1, -0.05) is 50.1 Å². The lowest BCUT2D eigenvalue weighted by atomic mass is 10.0. The molecule has 3 N–H and O–H groups in total. The van der Waals surface area contributed by atoms with Crippen LogP contribution in [0, 0.1) is 5.92 Å². The number of benzene rings is 1. The number of carbonyl (C=O) groups excluding carboxylic acids is 1. The smallest absolute Gasteiger partial charge is 0.458 e. The van der Waals surface area contributed by atoms with Crippen LogP contribution < -0.4 is 15.4 Å². The van der Waals surface area contributed by atoms with Crippen LogP contribution in [-0.4, -0.2) is 62.5 Å². The Morgan fingerprint density at radius 1 is 1.15 bits per heavy atom. The Morgan fingerprint density at radius 2 is 1.90 bits per heavy atom. The molecule has 10 nitrogen and oxygen atoms in total. The van der Waals surface area contributed by atoms with Crippen molar-refractivity contribution in [1.82, 2.24) is 24.8 Å². The molecule has 1 aliphatic rings. The van der Waals surface area contributed by atoms with Crippen LogP contribution in [0.5, 0.6) is 6.01 Å². The van der Waals surface area contributed by atoms with Crippen molar-refractivity contribution < 1.29 is 32.5 Å². The number of unbranched alkanes of at least 4 members (excludes halogenated alkanes) is 3. The van der Waals surface area contributed by atoms with Crippen LogP contribution in [0.25, 0.3) is 11.2 Å². The molecule has 212 valence electrons. The van der Waals surface area contributed by atoms with Gasteiger partial charge in [-0.2, -0.15) is 23.1 Å². The second kappa shape index (κ2) is 13.1. The molecule has 4 rings (SSSR count). The monoisotopic (exact) mass is 550 g/mol. The van der Waals surface area contributed by atoms with E-state index in [1.165, 1.54) is 0 Å². The first-order valence-corrected chi connectivity index (χ1v) is 13.0. The lowest BCUT2D eigenvalue weighted by Gasteiger charge is -2.15. The number of nitrogens with zero attached hydrogens (tertiary/aromatic N) is 4. The molecule has 2 aromatic heterocycles. The fourth-order valence-electron chi connectivity index (χ4n) is 4.39. The third-order valence-electron chi connectivity index (χ3n) is 6.58. The van der Waals surface area contributed by atoms with Gasteiger partial charge in [0.05, 0.1) is 19.0 Å². The largest absolute Gasteiger partial charge is 0.471 e. The molecule has 3 aromatic rings. The molecule has 3 atom stereocenters. The Balaban J connectivity index is 1.39. The summed E-state index contributed by atoms with van der Waals surface area (Å²) in [6.45, 7) is 2.79. The molecule has 1 fully saturated rings. The van der Waals surface area contributed by atoms with E-state index < -0.39 is 12.1 Å². The number of hydrogen-bond acceptors (Lipinski definition) is 8. The number of aliphatic hydroxyl groups excluding tert-OH is 1. The molecule has 0 bridgehead atoms. The van der Waals surface area contributed by atoms with Gasteiger partial charge in [0.2, 0.25) is 0 Å². The molecule has 3 heterocycles. The highest BCUT2D eigenvalue weighted by Gasteiger charge is 2.38. The molecule has 1 aliphatic heterocycles. The molecule has 0 spiro atoms. The molecule has 1 saturated heterocycles. The number of ether oxygens (including phenoxy) is 2. The van der Waals surface area contributed by atoms with Crippen LogP contribution in [-0.2, 0) is 16.1 Å². The first-order valence-electron chi connectivity index (χ1n) is 13.0. The zero-order valence-corrected chi connectivity index (χ0v) is 21.7. The Kier molecular flexibility index (Phi) is 9.57. The number of alkyl halides is 3. The number of fused-ring (bicyclic) bond motifs is 1. The van der Waals surface area contributed by atoms with Crippen molar-refractivity contribution >= 4 is 22.9 Å². The van der Waals surface area contributed by atoms with Gasteiger partial charge in [-0.3, -0.25) is 9.36 Å². The lowest BCUT2D eigenvalue weighted by Crippen LogP contribution is -2.37. The maximum atomic E-state index is 12.2. The number of nitrogens with one attached hydrogen (secondary N) is 2. The quantitative estimate of drug-likeness (QED) is 0.273. The van der Waals surface area contributed by atoms with Gasteiger partial charge in [0, 0.05) is 13.1 Å². The van der Waals surface area contributed by atoms with Crippen molar-refractivity contribution in [2.75, 3.05) is 25.0 Å². The zero-order chi connectivity index (χ0) is 27.8. The summed E-state index contributed by atoms with van der Waals surface area (Å²) in [6, 6.07) is 9.84. The van der Waals surface area contributed by atoms with Gasteiger partial charge in [0.1, 0.15) is 12.8 Å². The van der Waals surface area contributed by atoms with E-state index in [-0.39, 0.29) is 44.0 Å². The van der Waals surface area contributed by atoms with Gasteiger partial charge < -0.3 is 25.2 Å². The molecule has 0 saturated carbocycles. The zero-order valence-electron chi connectivity index (χ0n) is 21.7. The summed E-state index contributed by atoms with van der Waals surface area (Å²) in [5.41, 5.74) is 2.07. The second-order valence-corrected chi connectivity index (χ2v) is 9.57. The molecular formula is C26H33F3N6O4. The normalized spacial score (nSPS) is 19.4. The molecule has 1 aromatic carbocycles. The average molecular weight is 551 g/mol. The molecular weight excluding hydrogens is 517 g/mol. The van der Waals surface area contributed by atoms with Crippen LogP contribution in [0.15, 0.2) is 36.7 Å². The van der Waals surface area contributed by atoms with E-state index >= 15 is 0 Å². The Bertz CT molecular complexity index is 1220. The van der Waals surface area contributed by atoms with E-state index in [0.29, 0.717) is 42.8 Å². The van der Waals surface area contributed by atoms with E-state index in [1.807, 2.05) is 47.1 Å². The third-order valence-corrected chi connectivity index (χ3v) is 6.58. The Hall–Kier alpha value is -3.45. The summed E-state index contributed by atoms with van der Waals surface area (Å²) in [4.78, 5) is 24.5. The first-order chi connectivity index (χ1) is 18.8. The molecule has 39 heavy (non-hydrogen) atoms. The highest BCUT2D eigenvalue weighted by molar-refractivity contribution is 5.83. The van der Waals surface area contributed by atoms with E-state index in [2.05, 4.69) is 20.3 Å². The van der Waals surface area contributed by atoms with Crippen LogP contribution in [0.2, 0.25) is 0 Å². The topological polar surface area (TPSA) is 123 Å². The molecule has 13 heteroatoms. The number of anilines is 1. The summed E-state index contributed by atoms with van der Waals surface area (Å²) in [7, 11) is 0. The van der Waals surface area contributed by atoms with Crippen molar-refractivity contribution in [2.24, 2.45) is 5.92 Å².